The molecule has 6 nitrogen and oxygen atoms in total. The minimum Gasteiger partial charge on any atom is -0.497 e. The van der Waals surface area contributed by atoms with Gasteiger partial charge in [0.05, 0.1) is 26.8 Å². The zero-order valence-electron chi connectivity index (χ0n) is 54.6. The number of anilines is 8. The molecule has 0 radical (unpaired) electrons. The Hall–Kier alpha value is -11.2. The average molecular weight is 1240 g/mol. The van der Waals surface area contributed by atoms with Crippen LogP contribution >= 0.6 is 0 Å². The number of allylic oxidation sites excluding steroid dienone is 1. The first-order chi connectivity index (χ1) is 45.6. The van der Waals surface area contributed by atoms with E-state index in [1.807, 2.05) is 73.7 Å². The van der Waals surface area contributed by atoms with Crippen molar-refractivity contribution in [3.8, 4) is 34.1 Å². The van der Waals surface area contributed by atoms with Gasteiger partial charge in [-0.3, -0.25) is 0 Å². The lowest BCUT2D eigenvalue weighted by Crippen LogP contribution is -2.37. The van der Waals surface area contributed by atoms with Crippen LogP contribution in [0.25, 0.3) is 71.4 Å². The first-order valence-corrected chi connectivity index (χ1v) is 35.3. The van der Waals surface area contributed by atoms with E-state index < -0.39 is 8.07 Å². The zero-order valence-corrected chi connectivity index (χ0v) is 55.6. The second-order valence-electron chi connectivity index (χ2n) is 25.4. The number of nitrogens with zero attached hydrogens (tertiary/aromatic N) is 1. The number of benzene rings is 14. The van der Waals surface area contributed by atoms with Crippen molar-refractivity contribution >= 4 is 108 Å². The summed E-state index contributed by atoms with van der Waals surface area (Å²) in [6.45, 7) is 15.9. The number of fused-ring (bicyclic) bond motifs is 1. The van der Waals surface area contributed by atoms with Gasteiger partial charge in [0.1, 0.15) is 11.6 Å². The number of nitrogens with one attached hydrogen (secondary N) is 4. The van der Waals surface area contributed by atoms with Crippen LogP contribution in [-0.2, 0) is 5.41 Å². The number of methoxy groups -OCH3 is 1. The lowest BCUT2D eigenvalue weighted by molar-refractivity contribution is 0.415. The summed E-state index contributed by atoms with van der Waals surface area (Å²) in [6, 6.07) is 101. The predicted octanol–water partition coefficient (Wildman–Crippen LogP) is 24.0. The van der Waals surface area contributed by atoms with E-state index in [0.717, 1.165) is 67.8 Å². The topological polar surface area (TPSA) is 81.1 Å². The van der Waals surface area contributed by atoms with E-state index in [0.29, 0.717) is 5.56 Å². The van der Waals surface area contributed by atoms with Crippen LogP contribution in [-0.4, -0.2) is 15.2 Å². The average Bonchev–Trinajstić information content (AvgIpc) is 0.742. The highest BCUT2D eigenvalue weighted by Crippen LogP contribution is 2.40. The standard InChI is InChI=1S/C25H20FNO.C25H23NSi.C20H21N.C16H14N2/c1-28-25-16-8-21(9-17-25)20-6-14-24(15-7-20)27-23-12-4-19(5-13-23)18-2-10-22(26)11-3-18;1-27(2,3)21-14-12-20(13-15-21)26-23-16-19-8-4-6-17-10-11-18-7-5-9-22(23)25(18)24(17)19;1-20(2,3)16-11-13-17(14-12-16)21-19-10-6-8-15-7-4-5-9-18(15)19;1-2-3-13-4-8-15(9-5-13)18-16-10-6-14(12-17)7-11-16/h2-17,27H,1H3;4-16,26H,1-3H3;4-14,21H,1-3H3;2-11,18H,1H3/b;;;3-2+. The van der Waals surface area contributed by atoms with Gasteiger partial charge in [-0.2, -0.15) is 5.26 Å². The Morgan fingerprint density at radius 2 is 0.840 bits per heavy atom. The summed E-state index contributed by atoms with van der Waals surface area (Å²) in [5.74, 6) is 0.631. The molecule has 0 heterocycles. The third-order valence-corrected chi connectivity index (χ3v) is 18.7. The van der Waals surface area contributed by atoms with E-state index in [-0.39, 0.29) is 11.2 Å². The third kappa shape index (κ3) is 16.3. The van der Waals surface area contributed by atoms with E-state index in [1.54, 1.807) is 31.4 Å². The van der Waals surface area contributed by atoms with Crippen molar-refractivity contribution in [3.63, 3.8) is 0 Å². The summed E-state index contributed by atoms with van der Waals surface area (Å²) < 4.78 is 18.3. The van der Waals surface area contributed by atoms with Crippen LogP contribution in [0.5, 0.6) is 5.75 Å². The molecule has 0 aliphatic rings. The van der Waals surface area contributed by atoms with Gasteiger partial charge >= 0.3 is 0 Å². The van der Waals surface area contributed by atoms with Gasteiger partial charge in [0.2, 0.25) is 0 Å². The molecule has 14 aromatic carbocycles. The molecule has 8 heteroatoms. The second kappa shape index (κ2) is 29.4. The Morgan fingerprint density at radius 1 is 0.415 bits per heavy atom. The molecule has 0 aliphatic carbocycles. The van der Waals surface area contributed by atoms with Gasteiger partial charge in [-0.05, 0) is 199 Å². The van der Waals surface area contributed by atoms with Gasteiger partial charge in [-0.1, -0.05) is 228 Å². The van der Waals surface area contributed by atoms with Crippen molar-refractivity contribution in [2.75, 3.05) is 28.4 Å². The van der Waals surface area contributed by atoms with Gasteiger partial charge in [0.25, 0.3) is 0 Å². The van der Waals surface area contributed by atoms with Gasteiger partial charge < -0.3 is 26.0 Å². The number of hydrogen-bond donors (Lipinski definition) is 4. The van der Waals surface area contributed by atoms with Crippen molar-refractivity contribution in [2.24, 2.45) is 0 Å². The second-order valence-corrected chi connectivity index (χ2v) is 30.4. The Bertz CT molecular complexity index is 4850. The Labute approximate surface area is 554 Å². The van der Waals surface area contributed by atoms with Gasteiger partial charge in [0.15, 0.2) is 0 Å². The SMILES string of the molecule is C/C=C/c1ccc(Nc2ccc(C#N)cc2)cc1.CC(C)(C)c1ccc(Nc2cccc3ccccc23)cc1.COc1ccc(-c2ccc(Nc3ccc(-c4ccc(F)cc4)cc3)cc2)cc1.C[Si](C)(C)c1ccc(Nc2cc3cccc4ccc5cccc2c5c43)cc1. The van der Waals surface area contributed by atoms with Crippen molar-refractivity contribution in [1.82, 2.24) is 0 Å². The van der Waals surface area contributed by atoms with Crippen LogP contribution in [0, 0.1) is 17.1 Å². The molecule has 0 aromatic heterocycles. The summed E-state index contributed by atoms with van der Waals surface area (Å²) >= 11 is 0. The molecule has 0 bridgehead atoms. The molecule has 14 aromatic rings. The maximum absolute atomic E-state index is 13.1. The smallest absolute Gasteiger partial charge is 0.123 e. The van der Waals surface area contributed by atoms with Crippen molar-refractivity contribution in [3.05, 3.63) is 320 Å². The highest BCUT2D eigenvalue weighted by molar-refractivity contribution is 6.88. The molecular formula is C86H78FN5OSi. The number of ether oxygens (including phenoxy) is 1. The number of nitriles is 1. The maximum Gasteiger partial charge on any atom is 0.123 e. The molecule has 4 N–H and O–H groups in total. The zero-order chi connectivity index (χ0) is 65.6. The number of halogens is 1. The monoisotopic (exact) mass is 1240 g/mol. The molecule has 14 rings (SSSR count). The van der Waals surface area contributed by atoms with E-state index >= 15 is 0 Å². The van der Waals surface area contributed by atoms with Crippen molar-refractivity contribution < 1.29 is 9.13 Å². The third-order valence-electron chi connectivity index (χ3n) is 16.6. The van der Waals surface area contributed by atoms with Crippen LogP contribution in [0.4, 0.5) is 49.9 Å². The fourth-order valence-electron chi connectivity index (χ4n) is 11.4. The van der Waals surface area contributed by atoms with Gasteiger partial charge in [-0.15, -0.1) is 0 Å². The van der Waals surface area contributed by atoms with Crippen LogP contribution in [0.2, 0.25) is 19.6 Å². The number of hydrogen-bond acceptors (Lipinski definition) is 6. The first kappa shape index (κ1) is 64.3. The number of rotatable bonds is 13. The van der Waals surface area contributed by atoms with E-state index in [4.69, 9.17) is 10.00 Å². The molecule has 0 aliphatic heterocycles. The molecule has 0 saturated heterocycles. The molecule has 94 heavy (non-hydrogen) atoms. The van der Waals surface area contributed by atoms with Gasteiger partial charge in [-0.25, -0.2) is 4.39 Å². The summed E-state index contributed by atoms with van der Waals surface area (Å²) in [5, 5.41) is 34.5. The summed E-state index contributed by atoms with van der Waals surface area (Å²) in [7, 11) is 0.399. The maximum atomic E-state index is 13.1. The highest BCUT2D eigenvalue weighted by Gasteiger charge is 2.17. The van der Waals surface area contributed by atoms with Crippen molar-refractivity contribution in [2.45, 2.75) is 52.8 Å². The van der Waals surface area contributed by atoms with Crippen molar-refractivity contribution in [1.29, 1.82) is 5.26 Å². The normalized spacial score (nSPS) is 11.2. The molecule has 0 spiro atoms. The lowest BCUT2D eigenvalue weighted by Gasteiger charge is -2.19. The highest BCUT2D eigenvalue weighted by atomic mass is 28.3. The largest absolute Gasteiger partial charge is 0.497 e. The van der Waals surface area contributed by atoms with Crippen LogP contribution < -0.4 is 31.2 Å². The quantitative estimate of drug-likeness (QED) is 0.0680. The molecule has 0 atom stereocenters. The van der Waals surface area contributed by atoms with E-state index in [2.05, 4.69) is 268 Å². The van der Waals surface area contributed by atoms with Crippen LogP contribution in [0.3, 0.4) is 0 Å². The van der Waals surface area contributed by atoms with Crippen LogP contribution in [0.1, 0.15) is 44.4 Å². The molecule has 0 amide bonds. The lowest BCUT2D eigenvalue weighted by atomic mass is 9.87. The van der Waals surface area contributed by atoms with E-state index in [1.165, 1.54) is 77.2 Å². The Kier molecular flexibility index (Phi) is 20.1. The minimum atomic E-state index is -1.27. The molecule has 0 unspecified atom stereocenters. The van der Waals surface area contributed by atoms with Crippen LogP contribution in [0.15, 0.2) is 297 Å². The fourth-order valence-corrected chi connectivity index (χ4v) is 12.5. The predicted molar refractivity (Wildman–Crippen MR) is 404 cm³/mol. The Morgan fingerprint density at radius 3 is 1.38 bits per heavy atom. The summed E-state index contributed by atoms with van der Waals surface area (Å²) in [5.41, 5.74) is 16.4. The molecular weight excluding hydrogens is 1170 g/mol. The van der Waals surface area contributed by atoms with Gasteiger partial charge in [0, 0.05) is 56.3 Å². The molecule has 0 saturated carbocycles. The van der Waals surface area contributed by atoms with E-state index in [9.17, 15) is 4.39 Å². The summed E-state index contributed by atoms with van der Waals surface area (Å²) in [6.07, 6.45) is 4.08. The molecule has 0 fully saturated rings. The fraction of sp³-hybridized carbons (Fsp3) is 0.105. The summed E-state index contributed by atoms with van der Waals surface area (Å²) in [4.78, 5) is 0. The Balaban J connectivity index is 0.000000130. The first-order valence-electron chi connectivity index (χ1n) is 31.8. The minimum absolute atomic E-state index is 0.192. The molecule has 464 valence electrons.